The first kappa shape index (κ1) is 12.1. The van der Waals surface area contributed by atoms with E-state index in [1.165, 1.54) is 12.8 Å². The summed E-state index contributed by atoms with van der Waals surface area (Å²) in [6.45, 7) is 1.42. The summed E-state index contributed by atoms with van der Waals surface area (Å²) in [5.74, 6) is 8.35. The van der Waals surface area contributed by atoms with E-state index >= 15 is 0 Å². The van der Waals surface area contributed by atoms with Gasteiger partial charge in [-0.05, 0) is 18.8 Å². The molecule has 0 saturated heterocycles. The molecule has 1 heterocycles. The second-order valence-corrected chi connectivity index (χ2v) is 4.43. The first-order valence-electron chi connectivity index (χ1n) is 5.77. The summed E-state index contributed by atoms with van der Waals surface area (Å²) in [5.41, 5.74) is 2.56. The van der Waals surface area contributed by atoms with Gasteiger partial charge in [-0.3, -0.25) is 0 Å². The Labute approximate surface area is 101 Å². The first-order chi connectivity index (χ1) is 8.22. The molecule has 2 rings (SSSR count). The van der Waals surface area contributed by atoms with Crippen molar-refractivity contribution in [1.29, 1.82) is 0 Å². The third kappa shape index (κ3) is 3.28. The van der Waals surface area contributed by atoms with Crippen LogP contribution in [0.5, 0.6) is 0 Å². The van der Waals surface area contributed by atoms with Gasteiger partial charge in [-0.2, -0.15) is 0 Å². The molecule has 0 spiro atoms. The average molecular weight is 237 g/mol. The Hall–Kier alpha value is -1.40. The van der Waals surface area contributed by atoms with E-state index in [-0.39, 0.29) is 0 Å². The number of anilines is 2. The molecule has 1 fully saturated rings. The number of hydrazine groups is 1. The molecule has 1 aliphatic rings. The van der Waals surface area contributed by atoms with Crippen molar-refractivity contribution in [1.82, 2.24) is 9.97 Å². The van der Waals surface area contributed by atoms with E-state index in [4.69, 9.17) is 10.6 Å². The number of nitrogens with zero attached hydrogens (tertiary/aromatic N) is 3. The van der Waals surface area contributed by atoms with E-state index in [2.05, 4.69) is 20.3 Å². The lowest BCUT2D eigenvalue weighted by Gasteiger charge is -2.19. The second-order valence-electron chi connectivity index (χ2n) is 4.43. The van der Waals surface area contributed by atoms with Crippen LogP contribution in [0.3, 0.4) is 0 Å². The van der Waals surface area contributed by atoms with Crippen LogP contribution in [0, 0.1) is 5.92 Å². The number of nitrogens with one attached hydrogen (secondary N) is 1. The highest BCUT2D eigenvalue weighted by molar-refractivity contribution is 5.48. The van der Waals surface area contributed by atoms with Crippen molar-refractivity contribution in [2.45, 2.75) is 19.4 Å². The SMILES string of the molecule is COCc1nc(NN)cc(N(C)CC2CC2)n1. The van der Waals surface area contributed by atoms with Gasteiger partial charge in [0, 0.05) is 26.8 Å². The maximum absolute atomic E-state index is 5.40. The van der Waals surface area contributed by atoms with Crippen molar-refractivity contribution >= 4 is 11.6 Å². The van der Waals surface area contributed by atoms with Gasteiger partial charge in [-0.25, -0.2) is 15.8 Å². The lowest BCUT2D eigenvalue weighted by Crippen LogP contribution is -2.22. The van der Waals surface area contributed by atoms with Gasteiger partial charge in [0.15, 0.2) is 5.82 Å². The summed E-state index contributed by atoms with van der Waals surface area (Å²) in [6.07, 6.45) is 2.64. The van der Waals surface area contributed by atoms with Gasteiger partial charge in [0.2, 0.25) is 0 Å². The molecule has 1 aromatic rings. The maximum Gasteiger partial charge on any atom is 0.158 e. The van der Waals surface area contributed by atoms with Gasteiger partial charge in [-0.1, -0.05) is 0 Å². The number of hydrogen-bond donors (Lipinski definition) is 2. The van der Waals surface area contributed by atoms with E-state index in [9.17, 15) is 0 Å². The number of hydrogen-bond acceptors (Lipinski definition) is 6. The molecular formula is C11H19N5O. The predicted molar refractivity (Wildman–Crippen MR) is 66.5 cm³/mol. The van der Waals surface area contributed by atoms with E-state index in [0.717, 1.165) is 18.3 Å². The van der Waals surface area contributed by atoms with Gasteiger partial charge >= 0.3 is 0 Å². The number of nitrogens with two attached hydrogens (primary N) is 1. The minimum Gasteiger partial charge on any atom is -0.377 e. The topological polar surface area (TPSA) is 76.3 Å². The molecule has 6 nitrogen and oxygen atoms in total. The molecule has 0 aliphatic heterocycles. The van der Waals surface area contributed by atoms with Crippen molar-refractivity contribution in [2.75, 3.05) is 31.0 Å². The van der Waals surface area contributed by atoms with Crippen molar-refractivity contribution in [3.8, 4) is 0 Å². The summed E-state index contributed by atoms with van der Waals surface area (Å²) in [5, 5.41) is 0. The Morgan fingerprint density at radius 3 is 2.88 bits per heavy atom. The highest BCUT2D eigenvalue weighted by Crippen LogP contribution is 2.30. The van der Waals surface area contributed by atoms with Crippen LogP contribution in [-0.2, 0) is 11.3 Å². The number of methoxy groups -OCH3 is 1. The van der Waals surface area contributed by atoms with Gasteiger partial charge in [0.1, 0.15) is 18.2 Å². The van der Waals surface area contributed by atoms with Crippen molar-refractivity contribution in [3.05, 3.63) is 11.9 Å². The number of ether oxygens (including phenoxy) is 1. The van der Waals surface area contributed by atoms with Gasteiger partial charge in [-0.15, -0.1) is 0 Å². The number of aromatic nitrogens is 2. The van der Waals surface area contributed by atoms with Gasteiger partial charge in [0.05, 0.1) is 0 Å². The third-order valence-electron chi connectivity index (χ3n) is 2.80. The molecule has 17 heavy (non-hydrogen) atoms. The molecule has 6 heteroatoms. The Kier molecular flexibility index (Phi) is 3.75. The molecule has 1 saturated carbocycles. The number of rotatable bonds is 6. The summed E-state index contributed by atoms with van der Waals surface area (Å²) in [6, 6.07) is 1.85. The Bertz CT molecular complexity index is 380. The molecule has 1 aromatic heterocycles. The standard InChI is InChI=1S/C11H19N5O/c1-16(6-8-3-4-8)11-5-9(15-12)13-10(14-11)7-17-2/h5,8H,3-4,6-7,12H2,1-2H3,(H,13,14,15). The summed E-state index contributed by atoms with van der Waals surface area (Å²) < 4.78 is 5.04. The van der Waals surface area contributed by atoms with Crippen LogP contribution in [0.2, 0.25) is 0 Å². The maximum atomic E-state index is 5.40. The quantitative estimate of drug-likeness (QED) is 0.562. The molecule has 0 radical (unpaired) electrons. The van der Waals surface area contributed by atoms with E-state index < -0.39 is 0 Å². The highest BCUT2D eigenvalue weighted by Gasteiger charge is 2.23. The van der Waals surface area contributed by atoms with Crippen LogP contribution in [0.25, 0.3) is 0 Å². The third-order valence-corrected chi connectivity index (χ3v) is 2.80. The van der Waals surface area contributed by atoms with Crippen LogP contribution < -0.4 is 16.2 Å². The zero-order chi connectivity index (χ0) is 12.3. The number of nitrogen functional groups attached to an aromatic ring is 1. The van der Waals surface area contributed by atoms with E-state index in [0.29, 0.717) is 18.2 Å². The molecule has 0 amide bonds. The molecule has 3 N–H and O–H groups in total. The van der Waals surface area contributed by atoms with Crippen molar-refractivity contribution < 1.29 is 4.74 Å². The molecule has 0 bridgehead atoms. The minimum atomic E-state index is 0.389. The molecule has 1 aliphatic carbocycles. The molecule has 94 valence electrons. The first-order valence-corrected chi connectivity index (χ1v) is 5.77. The van der Waals surface area contributed by atoms with Gasteiger partial charge in [0.25, 0.3) is 0 Å². The molecular weight excluding hydrogens is 218 g/mol. The average Bonchev–Trinajstić information content (AvgIpc) is 3.13. The smallest absolute Gasteiger partial charge is 0.158 e. The Morgan fingerprint density at radius 2 is 2.29 bits per heavy atom. The lowest BCUT2D eigenvalue weighted by atomic mass is 10.3. The van der Waals surface area contributed by atoms with E-state index in [1.54, 1.807) is 7.11 Å². The fourth-order valence-electron chi connectivity index (χ4n) is 1.73. The van der Waals surface area contributed by atoms with Crippen molar-refractivity contribution in [3.63, 3.8) is 0 Å². The van der Waals surface area contributed by atoms with Crippen LogP contribution >= 0.6 is 0 Å². The normalized spacial score (nSPS) is 14.8. The fraction of sp³-hybridized carbons (Fsp3) is 0.636. The van der Waals surface area contributed by atoms with E-state index in [1.807, 2.05) is 13.1 Å². The van der Waals surface area contributed by atoms with Crippen LogP contribution in [-0.4, -0.2) is 30.7 Å². The minimum absolute atomic E-state index is 0.389. The van der Waals surface area contributed by atoms with Gasteiger partial charge < -0.3 is 15.1 Å². The molecule has 0 aromatic carbocycles. The highest BCUT2D eigenvalue weighted by atomic mass is 16.5. The monoisotopic (exact) mass is 237 g/mol. The van der Waals surface area contributed by atoms with Crippen LogP contribution in [0.15, 0.2) is 6.07 Å². The Morgan fingerprint density at radius 1 is 1.53 bits per heavy atom. The lowest BCUT2D eigenvalue weighted by molar-refractivity contribution is 0.178. The van der Waals surface area contributed by atoms with Crippen molar-refractivity contribution in [2.24, 2.45) is 11.8 Å². The zero-order valence-electron chi connectivity index (χ0n) is 10.3. The second kappa shape index (κ2) is 5.29. The molecule has 0 atom stereocenters. The van der Waals surface area contributed by atoms with Crippen LogP contribution in [0.1, 0.15) is 18.7 Å². The fourth-order valence-corrected chi connectivity index (χ4v) is 1.73. The molecule has 0 unspecified atom stereocenters. The predicted octanol–water partition coefficient (Wildman–Crippen LogP) is 0.755. The summed E-state index contributed by atoms with van der Waals surface area (Å²) in [7, 11) is 3.66. The zero-order valence-corrected chi connectivity index (χ0v) is 10.3. The summed E-state index contributed by atoms with van der Waals surface area (Å²) in [4.78, 5) is 10.8. The summed E-state index contributed by atoms with van der Waals surface area (Å²) >= 11 is 0. The Balaban J connectivity index is 2.14. The van der Waals surface area contributed by atoms with Crippen LogP contribution in [0.4, 0.5) is 11.6 Å². The largest absolute Gasteiger partial charge is 0.377 e.